The molecule has 2 aliphatic rings. The van der Waals surface area contributed by atoms with E-state index in [0.29, 0.717) is 25.8 Å². The normalized spacial score (nSPS) is 25.3. The lowest BCUT2D eigenvalue weighted by atomic mass is 9.94. The molecule has 0 spiro atoms. The number of cyclic esters (lactones) is 1. The number of carbonyl (C=O) groups excluding carboxylic acids is 3. The van der Waals surface area contributed by atoms with E-state index in [4.69, 9.17) is 9.84 Å². The summed E-state index contributed by atoms with van der Waals surface area (Å²) in [5.74, 6) is -1.93. The quantitative estimate of drug-likeness (QED) is 0.515. The van der Waals surface area contributed by atoms with Crippen molar-refractivity contribution in [2.24, 2.45) is 11.8 Å². The molecule has 2 heterocycles. The van der Waals surface area contributed by atoms with Crippen LogP contribution in [0.3, 0.4) is 0 Å². The van der Waals surface area contributed by atoms with Gasteiger partial charge in [-0.1, -0.05) is 24.3 Å². The van der Waals surface area contributed by atoms with E-state index in [0.717, 1.165) is 18.4 Å². The summed E-state index contributed by atoms with van der Waals surface area (Å²) in [4.78, 5) is 39.9. The maximum atomic E-state index is 13.2. The van der Waals surface area contributed by atoms with Crippen molar-refractivity contribution in [1.29, 1.82) is 0 Å². The lowest BCUT2D eigenvalue weighted by Crippen LogP contribution is -2.43. The SMILES string of the molecule is O=C(C[C@H]1C/C=C/C[C@@H](Cc2ccc(F)cc2)C(=O)OC[C@H]2CCCN2C1=O)NCCO. The number of esters is 1. The molecule has 0 radical (unpaired) electrons. The molecule has 0 aromatic heterocycles. The van der Waals surface area contributed by atoms with Crippen molar-refractivity contribution in [2.45, 2.75) is 44.6 Å². The van der Waals surface area contributed by atoms with Gasteiger partial charge in [0.1, 0.15) is 12.4 Å². The number of hydrogen-bond acceptors (Lipinski definition) is 5. The fourth-order valence-corrected chi connectivity index (χ4v) is 4.28. The van der Waals surface area contributed by atoms with E-state index in [2.05, 4.69) is 5.32 Å². The van der Waals surface area contributed by atoms with Crippen LogP contribution in [0.5, 0.6) is 0 Å². The summed E-state index contributed by atoms with van der Waals surface area (Å²) < 4.78 is 18.8. The highest BCUT2D eigenvalue weighted by Gasteiger charge is 2.35. The third-order valence-electron chi connectivity index (χ3n) is 6.03. The molecule has 174 valence electrons. The summed E-state index contributed by atoms with van der Waals surface area (Å²) in [5, 5.41) is 11.5. The predicted molar refractivity (Wildman–Crippen MR) is 116 cm³/mol. The minimum atomic E-state index is -0.504. The Morgan fingerprint density at radius 3 is 2.59 bits per heavy atom. The van der Waals surface area contributed by atoms with Gasteiger partial charge in [-0.25, -0.2) is 4.39 Å². The zero-order valence-corrected chi connectivity index (χ0v) is 18.2. The number of aliphatic hydroxyl groups is 1. The van der Waals surface area contributed by atoms with Crippen LogP contribution in [-0.4, -0.2) is 60.1 Å². The number of halogens is 1. The second kappa shape index (κ2) is 11.8. The van der Waals surface area contributed by atoms with Gasteiger partial charge in [-0.2, -0.15) is 0 Å². The van der Waals surface area contributed by atoms with E-state index >= 15 is 0 Å². The molecule has 0 saturated carbocycles. The lowest BCUT2D eigenvalue weighted by Gasteiger charge is -2.29. The second-order valence-electron chi connectivity index (χ2n) is 8.40. The highest BCUT2D eigenvalue weighted by Crippen LogP contribution is 2.25. The molecule has 0 aliphatic carbocycles. The maximum absolute atomic E-state index is 13.2. The van der Waals surface area contributed by atoms with Gasteiger partial charge < -0.3 is 20.1 Å². The first kappa shape index (κ1) is 23.9. The number of amides is 2. The molecule has 1 saturated heterocycles. The zero-order valence-electron chi connectivity index (χ0n) is 18.2. The molecule has 1 fully saturated rings. The number of ether oxygens (including phenoxy) is 1. The van der Waals surface area contributed by atoms with Gasteiger partial charge in [0.15, 0.2) is 0 Å². The van der Waals surface area contributed by atoms with Crippen LogP contribution in [0.25, 0.3) is 0 Å². The molecule has 1 aromatic carbocycles. The Morgan fingerprint density at radius 1 is 1.16 bits per heavy atom. The van der Waals surface area contributed by atoms with E-state index in [1.165, 1.54) is 12.1 Å². The van der Waals surface area contributed by atoms with Crippen LogP contribution < -0.4 is 5.32 Å². The molecule has 1 aromatic rings. The van der Waals surface area contributed by atoms with Crippen LogP contribution in [0.15, 0.2) is 36.4 Å². The molecule has 3 atom stereocenters. The molecular weight excluding hydrogens is 415 g/mol. The molecule has 3 rings (SSSR count). The first-order chi connectivity index (χ1) is 15.5. The Labute approximate surface area is 187 Å². The first-order valence-electron chi connectivity index (χ1n) is 11.2. The Balaban J connectivity index is 1.74. The highest BCUT2D eigenvalue weighted by atomic mass is 19.1. The van der Waals surface area contributed by atoms with Crippen molar-refractivity contribution in [3.05, 3.63) is 47.8 Å². The van der Waals surface area contributed by atoms with E-state index in [9.17, 15) is 18.8 Å². The molecule has 2 N–H and O–H groups in total. The van der Waals surface area contributed by atoms with Crippen LogP contribution in [-0.2, 0) is 25.5 Å². The largest absolute Gasteiger partial charge is 0.463 e. The Bertz CT molecular complexity index is 826. The number of nitrogens with zero attached hydrogens (tertiary/aromatic N) is 1. The number of fused-ring (bicyclic) bond motifs is 1. The zero-order chi connectivity index (χ0) is 22.9. The third kappa shape index (κ3) is 6.63. The van der Waals surface area contributed by atoms with Gasteiger partial charge in [-0.3, -0.25) is 14.4 Å². The van der Waals surface area contributed by atoms with Crippen LogP contribution >= 0.6 is 0 Å². The van der Waals surface area contributed by atoms with Crippen LogP contribution in [0.1, 0.15) is 37.7 Å². The molecule has 0 unspecified atom stereocenters. The van der Waals surface area contributed by atoms with Crippen molar-refractivity contribution in [2.75, 3.05) is 26.3 Å². The highest BCUT2D eigenvalue weighted by molar-refractivity contribution is 5.86. The summed E-state index contributed by atoms with van der Waals surface area (Å²) >= 11 is 0. The molecule has 2 amide bonds. The number of carbonyl (C=O) groups is 3. The number of benzene rings is 1. The first-order valence-corrected chi connectivity index (χ1v) is 11.2. The van der Waals surface area contributed by atoms with Gasteiger partial charge in [0, 0.05) is 19.5 Å². The van der Waals surface area contributed by atoms with E-state index in [1.807, 2.05) is 12.2 Å². The van der Waals surface area contributed by atoms with Gasteiger partial charge >= 0.3 is 5.97 Å². The predicted octanol–water partition coefficient (Wildman–Crippen LogP) is 1.98. The van der Waals surface area contributed by atoms with Crippen LogP contribution in [0, 0.1) is 17.7 Å². The topological polar surface area (TPSA) is 95.9 Å². The summed E-state index contributed by atoms with van der Waals surface area (Å²) in [7, 11) is 0. The fraction of sp³-hybridized carbons (Fsp3) is 0.542. The molecule has 2 aliphatic heterocycles. The standard InChI is InChI=1S/C24H31FN2O5/c25-20-9-7-17(8-10-20)14-19-5-2-1-4-18(15-22(29)26-11-13-28)23(30)27-12-3-6-21(27)16-32-24(19)31/h1-2,7-10,18-19,21,28H,3-6,11-16H2,(H,26,29)/b2-1+/t18-,19+,21-/m1/s1. The Morgan fingerprint density at radius 2 is 1.88 bits per heavy atom. The number of rotatable bonds is 6. The maximum Gasteiger partial charge on any atom is 0.309 e. The average Bonchev–Trinajstić information content (AvgIpc) is 3.26. The fourth-order valence-electron chi connectivity index (χ4n) is 4.28. The van der Waals surface area contributed by atoms with Crippen molar-refractivity contribution in [1.82, 2.24) is 10.2 Å². The summed E-state index contributed by atoms with van der Waals surface area (Å²) in [5.41, 5.74) is 0.852. The lowest BCUT2D eigenvalue weighted by molar-refractivity contribution is -0.152. The Kier molecular flexibility index (Phi) is 8.79. The molecule has 8 heteroatoms. The molecule has 0 bridgehead atoms. The van der Waals surface area contributed by atoms with Crippen LogP contribution in [0.2, 0.25) is 0 Å². The Hall–Kier alpha value is -2.74. The van der Waals surface area contributed by atoms with Gasteiger partial charge in [0.25, 0.3) is 0 Å². The second-order valence-corrected chi connectivity index (χ2v) is 8.40. The van der Waals surface area contributed by atoms with E-state index in [-0.39, 0.29) is 55.8 Å². The van der Waals surface area contributed by atoms with Gasteiger partial charge in [0.05, 0.1) is 24.5 Å². The monoisotopic (exact) mass is 446 g/mol. The number of hydrogen-bond donors (Lipinski definition) is 2. The minimum absolute atomic E-state index is 0.0468. The molecule has 32 heavy (non-hydrogen) atoms. The number of allylic oxidation sites excluding steroid dienone is 2. The van der Waals surface area contributed by atoms with Crippen molar-refractivity contribution < 1.29 is 28.6 Å². The number of nitrogens with one attached hydrogen (secondary N) is 1. The summed E-state index contributed by atoms with van der Waals surface area (Å²) in [6.07, 6.45) is 6.58. The smallest absolute Gasteiger partial charge is 0.309 e. The average molecular weight is 447 g/mol. The van der Waals surface area contributed by atoms with Gasteiger partial charge in [0.2, 0.25) is 11.8 Å². The van der Waals surface area contributed by atoms with E-state index < -0.39 is 11.8 Å². The van der Waals surface area contributed by atoms with Crippen LogP contribution in [0.4, 0.5) is 4.39 Å². The van der Waals surface area contributed by atoms with E-state index in [1.54, 1.807) is 17.0 Å². The summed E-state index contributed by atoms with van der Waals surface area (Å²) in [6, 6.07) is 5.90. The van der Waals surface area contributed by atoms with Crippen molar-refractivity contribution >= 4 is 17.8 Å². The van der Waals surface area contributed by atoms with Gasteiger partial charge in [-0.15, -0.1) is 0 Å². The summed E-state index contributed by atoms with van der Waals surface area (Å²) in [6.45, 7) is 0.721. The van der Waals surface area contributed by atoms with Crippen molar-refractivity contribution in [3.63, 3.8) is 0 Å². The molecule has 7 nitrogen and oxygen atoms in total. The van der Waals surface area contributed by atoms with Crippen molar-refractivity contribution in [3.8, 4) is 0 Å². The van der Waals surface area contributed by atoms with Gasteiger partial charge in [-0.05, 0) is 49.8 Å². The number of aliphatic hydroxyl groups excluding tert-OH is 1. The molecular formula is C24H31FN2O5. The minimum Gasteiger partial charge on any atom is -0.463 e. The third-order valence-corrected chi connectivity index (χ3v) is 6.03.